The number of ether oxygens (including phenoxy) is 3. The van der Waals surface area contributed by atoms with Gasteiger partial charge in [0.1, 0.15) is 0 Å². The summed E-state index contributed by atoms with van der Waals surface area (Å²) in [6.07, 6.45) is -2.03. The van der Waals surface area contributed by atoms with E-state index in [4.69, 9.17) is 14.2 Å². The zero-order chi connectivity index (χ0) is 36.1. The molecule has 2 aromatic heterocycles. The number of aromatic nitrogens is 4. The average Bonchev–Trinajstić information content (AvgIpc) is 3.12. The summed E-state index contributed by atoms with van der Waals surface area (Å²) in [5.41, 5.74) is 2.89. The monoisotopic (exact) mass is 779 g/mol. The van der Waals surface area contributed by atoms with Gasteiger partial charge in [-0.3, -0.25) is 14.6 Å². The molecule has 53 heavy (non-hydrogen) atoms. The number of rotatable bonds is 11. The van der Waals surface area contributed by atoms with Crippen molar-refractivity contribution in [1.82, 2.24) is 29.7 Å². The summed E-state index contributed by atoms with van der Waals surface area (Å²) in [6.45, 7) is 4.35. The molecule has 6 rings (SSSR count). The summed E-state index contributed by atoms with van der Waals surface area (Å²) >= 11 is 0. The van der Waals surface area contributed by atoms with E-state index >= 15 is 0 Å². The summed E-state index contributed by atoms with van der Waals surface area (Å²) < 4.78 is 57.0. The molecular formula is C36H42Cl2F3N7O5. The Bertz CT molecular complexity index is 1770. The molecule has 12 nitrogen and oxygen atoms in total. The molecule has 4 aromatic rings. The van der Waals surface area contributed by atoms with Crippen molar-refractivity contribution in [3.05, 3.63) is 106 Å². The number of hydrogen-bond acceptors (Lipinski definition) is 10. The first-order valence-electron chi connectivity index (χ1n) is 16.7. The summed E-state index contributed by atoms with van der Waals surface area (Å²) in [4.78, 5) is 32.7. The summed E-state index contributed by atoms with van der Waals surface area (Å²) in [5, 5.41) is 12.3. The van der Waals surface area contributed by atoms with E-state index in [2.05, 4.69) is 49.0 Å². The first-order chi connectivity index (χ1) is 24.5. The maximum atomic E-state index is 13.7. The number of aryl methyl sites for hydroxylation is 1. The molecule has 4 heterocycles. The van der Waals surface area contributed by atoms with Crippen molar-refractivity contribution in [1.29, 1.82) is 0 Å². The van der Waals surface area contributed by atoms with Crippen LogP contribution >= 0.6 is 24.8 Å². The number of halogens is 5. The Labute approximate surface area is 318 Å². The Hall–Kier alpha value is -4.44. The quantitative estimate of drug-likeness (QED) is 0.155. The van der Waals surface area contributed by atoms with E-state index in [1.54, 1.807) is 18.7 Å². The molecule has 0 bridgehead atoms. The number of benzene rings is 2. The number of carbonyl (C=O) groups excluding carboxylic acids is 1. The second-order valence-electron chi connectivity index (χ2n) is 12.6. The van der Waals surface area contributed by atoms with Crippen molar-refractivity contribution in [3.8, 4) is 17.8 Å². The van der Waals surface area contributed by atoms with E-state index in [0.717, 1.165) is 11.1 Å². The van der Waals surface area contributed by atoms with Gasteiger partial charge in [-0.05, 0) is 18.1 Å². The number of piperazine rings is 2. The molecule has 0 aliphatic carbocycles. The summed E-state index contributed by atoms with van der Waals surface area (Å²) in [5.74, 6) is -0.664. The standard InChI is InChI=1S/C36H40F3N7O5.2ClH/c1-4-50-35-41-32(49-3)28(33(42-35)51-23-36(37,38)39)20-43-18-27-19-44(34(47)29-21-46(48)24(2)17-40-29)15-16-45(27)30(22-43)31(25-11-7-5-8-12-25)26-13-9-6-10-14-26;;/h5-14,17,21,27,30-31H,4,15-16,18-20,22-23H2,1-3H3;2*1H/t27-,30+;;/m1../s1. The molecule has 2 aliphatic rings. The Morgan fingerprint density at radius 3 is 2.19 bits per heavy atom. The average molecular weight is 781 g/mol. The van der Waals surface area contributed by atoms with Gasteiger partial charge in [-0.25, -0.2) is 4.98 Å². The number of hydrogen-bond donors (Lipinski definition) is 0. The topological polar surface area (TPSA) is 120 Å². The maximum Gasteiger partial charge on any atom is 0.422 e. The molecule has 0 spiro atoms. The second kappa shape index (κ2) is 18.1. The van der Waals surface area contributed by atoms with Gasteiger partial charge in [-0.15, -0.1) is 24.8 Å². The van der Waals surface area contributed by atoms with Crippen molar-refractivity contribution in [2.75, 3.05) is 53.0 Å². The second-order valence-corrected chi connectivity index (χ2v) is 12.6. The molecule has 0 N–H and O–H groups in total. The highest BCUT2D eigenvalue weighted by Crippen LogP contribution is 2.38. The highest BCUT2D eigenvalue weighted by atomic mass is 35.5. The highest BCUT2D eigenvalue weighted by molar-refractivity contribution is 5.91. The van der Waals surface area contributed by atoms with Gasteiger partial charge in [0, 0.05) is 64.2 Å². The number of nitrogens with zero attached hydrogens (tertiary/aromatic N) is 7. The minimum absolute atomic E-state index is 0. The SMILES string of the molecule is CCOc1nc(OC)c(CN2C[C@@H]3CN(C(=O)c4c[n+]([O-])c(C)cn4)CCN3[C@H](C(c3ccccc3)c3ccccc3)C2)c(OCC(F)(F)F)n1.Cl.Cl. The van der Waals surface area contributed by atoms with Crippen molar-refractivity contribution in [3.63, 3.8) is 0 Å². The molecule has 0 saturated carbocycles. The lowest BCUT2D eigenvalue weighted by molar-refractivity contribution is -0.613. The third kappa shape index (κ3) is 9.76. The predicted octanol–water partition coefficient (Wildman–Crippen LogP) is 4.85. The molecule has 0 unspecified atom stereocenters. The zero-order valence-electron chi connectivity index (χ0n) is 29.4. The Morgan fingerprint density at radius 2 is 1.60 bits per heavy atom. The lowest BCUT2D eigenvalue weighted by Gasteiger charge is -2.53. The number of alkyl halides is 3. The van der Waals surface area contributed by atoms with Crippen LogP contribution in [-0.4, -0.2) is 107 Å². The molecule has 286 valence electrons. The van der Waals surface area contributed by atoms with Crippen LogP contribution in [0.5, 0.6) is 17.8 Å². The van der Waals surface area contributed by atoms with E-state index in [0.29, 0.717) is 43.1 Å². The van der Waals surface area contributed by atoms with Crippen molar-refractivity contribution >= 4 is 30.7 Å². The molecular weight excluding hydrogens is 738 g/mol. The third-order valence-electron chi connectivity index (χ3n) is 9.19. The number of methoxy groups -OCH3 is 1. The van der Waals surface area contributed by atoms with Gasteiger partial charge < -0.3 is 24.3 Å². The van der Waals surface area contributed by atoms with Gasteiger partial charge in [0.15, 0.2) is 12.3 Å². The molecule has 0 radical (unpaired) electrons. The Morgan fingerprint density at radius 1 is 0.962 bits per heavy atom. The fraction of sp³-hybridized carbons (Fsp3) is 0.417. The van der Waals surface area contributed by atoms with Gasteiger partial charge in [0.2, 0.25) is 23.7 Å². The summed E-state index contributed by atoms with van der Waals surface area (Å²) in [6, 6.07) is 19.9. The fourth-order valence-corrected chi connectivity index (χ4v) is 6.93. The normalized spacial score (nSPS) is 17.7. The van der Waals surface area contributed by atoms with Crippen LogP contribution < -0.4 is 18.9 Å². The smallest absolute Gasteiger partial charge is 0.422 e. The van der Waals surface area contributed by atoms with E-state index in [-0.39, 0.29) is 90.9 Å². The lowest BCUT2D eigenvalue weighted by Crippen LogP contribution is -2.67. The molecule has 2 fully saturated rings. The minimum atomic E-state index is -4.60. The van der Waals surface area contributed by atoms with Crippen LogP contribution in [0.3, 0.4) is 0 Å². The van der Waals surface area contributed by atoms with Gasteiger partial charge in [0.05, 0.1) is 25.5 Å². The van der Waals surface area contributed by atoms with Crippen LogP contribution in [0.1, 0.15) is 45.7 Å². The highest BCUT2D eigenvalue weighted by Gasteiger charge is 2.44. The first kappa shape index (κ1) is 41.3. The van der Waals surface area contributed by atoms with Gasteiger partial charge in [-0.2, -0.15) is 27.9 Å². The van der Waals surface area contributed by atoms with E-state index < -0.39 is 12.8 Å². The van der Waals surface area contributed by atoms with E-state index in [1.807, 2.05) is 36.4 Å². The van der Waals surface area contributed by atoms with Crippen molar-refractivity contribution in [2.45, 2.75) is 44.6 Å². The molecule has 2 atom stereocenters. The number of fused-ring (bicyclic) bond motifs is 1. The molecule has 2 saturated heterocycles. The Kier molecular flexibility index (Phi) is 14.1. The predicted molar refractivity (Wildman–Crippen MR) is 194 cm³/mol. The zero-order valence-corrected chi connectivity index (χ0v) is 31.1. The molecule has 1 amide bonds. The minimum Gasteiger partial charge on any atom is -0.618 e. The largest absolute Gasteiger partial charge is 0.618 e. The molecule has 2 aliphatic heterocycles. The maximum absolute atomic E-state index is 13.7. The summed E-state index contributed by atoms with van der Waals surface area (Å²) in [7, 11) is 1.38. The van der Waals surface area contributed by atoms with Crippen molar-refractivity contribution < 1.29 is 36.9 Å². The number of amides is 1. The lowest BCUT2D eigenvalue weighted by atomic mass is 9.81. The fourth-order valence-electron chi connectivity index (χ4n) is 6.93. The van der Waals surface area contributed by atoms with E-state index in [9.17, 15) is 23.2 Å². The van der Waals surface area contributed by atoms with Crippen LogP contribution in [0.15, 0.2) is 73.1 Å². The van der Waals surface area contributed by atoms with Gasteiger partial charge >= 0.3 is 12.2 Å². The third-order valence-corrected chi connectivity index (χ3v) is 9.19. The van der Waals surface area contributed by atoms with Crippen LogP contribution in [-0.2, 0) is 6.54 Å². The van der Waals surface area contributed by atoms with Gasteiger partial charge in [0.25, 0.3) is 5.91 Å². The van der Waals surface area contributed by atoms with E-state index in [1.165, 1.54) is 19.5 Å². The molecule has 2 aromatic carbocycles. The molecule has 17 heteroatoms. The first-order valence-corrected chi connectivity index (χ1v) is 16.7. The van der Waals surface area contributed by atoms with Crippen molar-refractivity contribution in [2.24, 2.45) is 0 Å². The Balaban J connectivity index is 0.00000314. The van der Waals surface area contributed by atoms with Gasteiger partial charge in [-0.1, -0.05) is 60.7 Å². The van der Waals surface area contributed by atoms with Crippen LogP contribution in [0.4, 0.5) is 13.2 Å². The number of carbonyl (C=O) groups is 1. The van der Waals surface area contributed by atoms with Crippen LogP contribution in [0.25, 0.3) is 0 Å². The van der Waals surface area contributed by atoms with Crippen LogP contribution in [0.2, 0.25) is 0 Å². The van der Waals surface area contributed by atoms with Crippen LogP contribution in [0, 0.1) is 12.1 Å².